The molecule has 0 atom stereocenters. The maximum Gasteiger partial charge on any atom is 0.250 e. The quantitative estimate of drug-likeness (QED) is 0.314. The van der Waals surface area contributed by atoms with Crippen LogP contribution in [-0.2, 0) is 17.8 Å². The van der Waals surface area contributed by atoms with E-state index in [0.29, 0.717) is 11.7 Å². The second-order valence-electron chi connectivity index (χ2n) is 7.25. The molecule has 32 heavy (non-hydrogen) atoms. The molecule has 1 N–H and O–H groups in total. The number of hydrogen-bond acceptors (Lipinski definition) is 4. The van der Waals surface area contributed by atoms with Crippen LogP contribution in [0.25, 0.3) is 17.3 Å². The highest BCUT2D eigenvalue weighted by Crippen LogP contribution is 2.25. The molecule has 0 aliphatic carbocycles. The van der Waals surface area contributed by atoms with E-state index >= 15 is 0 Å². The van der Waals surface area contributed by atoms with Crippen LogP contribution in [0, 0.1) is 0 Å². The number of aromatic nitrogens is 1. The first-order valence-corrected chi connectivity index (χ1v) is 11.4. The van der Waals surface area contributed by atoms with E-state index in [0.717, 1.165) is 34.6 Å². The molecule has 0 unspecified atom stereocenters. The molecule has 0 fully saturated rings. The van der Waals surface area contributed by atoms with Crippen LogP contribution in [0.1, 0.15) is 23.6 Å². The van der Waals surface area contributed by atoms with E-state index in [1.807, 2.05) is 60.0 Å². The maximum absolute atomic E-state index is 12.3. The summed E-state index contributed by atoms with van der Waals surface area (Å²) in [6, 6.07) is 26.0. The third kappa shape index (κ3) is 5.93. The van der Waals surface area contributed by atoms with Gasteiger partial charge in [0, 0.05) is 17.0 Å². The van der Waals surface area contributed by atoms with Gasteiger partial charge in [-0.15, -0.1) is 11.3 Å². The van der Waals surface area contributed by atoms with Crippen LogP contribution in [0.3, 0.4) is 0 Å². The molecule has 1 amide bonds. The number of anilines is 1. The molecule has 1 aromatic heterocycles. The van der Waals surface area contributed by atoms with E-state index in [1.54, 1.807) is 6.08 Å². The minimum atomic E-state index is -0.211. The number of thiazole rings is 1. The molecule has 4 rings (SSSR count). The van der Waals surface area contributed by atoms with Crippen molar-refractivity contribution in [2.24, 2.45) is 0 Å². The van der Waals surface area contributed by atoms with Crippen molar-refractivity contribution in [1.82, 2.24) is 4.98 Å². The SMILES string of the molecule is CCc1ccc(-c2csc(NC(=O)C=Cc3ccc(OCc4ccccc4)cc3)n2)cc1. The van der Waals surface area contributed by atoms with Gasteiger partial charge < -0.3 is 4.74 Å². The van der Waals surface area contributed by atoms with E-state index in [9.17, 15) is 4.79 Å². The number of rotatable bonds is 8. The molecule has 0 spiro atoms. The van der Waals surface area contributed by atoms with Crippen LogP contribution in [0.4, 0.5) is 5.13 Å². The molecular formula is C27H24N2O2S. The normalized spacial score (nSPS) is 10.9. The van der Waals surface area contributed by atoms with Gasteiger partial charge in [-0.25, -0.2) is 4.98 Å². The topological polar surface area (TPSA) is 51.2 Å². The lowest BCUT2D eigenvalue weighted by Crippen LogP contribution is -2.07. The van der Waals surface area contributed by atoms with Crippen molar-refractivity contribution in [3.8, 4) is 17.0 Å². The van der Waals surface area contributed by atoms with Gasteiger partial charge in [-0.1, -0.05) is 73.7 Å². The molecule has 0 aliphatic rings. The first-order valence-electron chi connectivity index (χ1n) is 10.5. The summed E-state index contributed by atoms with van der Waals surface area (Å²) in [6.45, 7) is 2.66. The second-order valence-corrected chi connectivity index (χ2v) is 8.11. The molecule has 0 saturated heterocycles. The Morgan fingerprint density at radius 3 is 2.44 bits per heavy atom. The van der Waals surface area contributed by atoms with Gasteiger partial charge in [0.25, 0.3) is 0 Å². The van der Waals surface area contributed by atoms with E-state index in [2.05, 4.69) is 41.5 Å². The zero-order valence-corrected chi connectivity index (χ0v) is 18.6. The third-order valence-electron chi connectivity index (χ3n) is 4.95. The predicted octanol–water partition coefficient (Wildman–Crippen LogP) is 6.60. The fraction of sp³-hybridized carbons (Fsp3) is 0.111. The lowest BCUT2D eigenvalue weighted by Gasteiger charge is -2.06. The lowest BCUT2D eigenvalue weighted by molar-refractivity contribution is -0.111. The summed E-state index contributed by atoms with van der Waals surface area (Å²) in [5, 5.41) is 5.37. The third-order valence-corrected chi connectivity index (χ3v) is 5.71. The van der Waals surface area contributed by atoms with Crippen molar-refractivity contribution >= 4 is 28.5 Å². The first kappa shape index (κ1) is 21.5. The first-order chi connectivity index (χ1) is 15.7. The molecular weight excluding hydrogens is 416 g/mol. The van der Waals surface area contributed by atoms with Gasteiger partial charge in [-0.05, 0) is 41.3 Å². The predicted molar refractivity (Wildman–Crippen MR) is 132 cm³/mol. The van der Waals surface area contributed by atoms with Gasteiger partial charge in [0.1, 0.15) is 12.4 Å². The van der Waals surface area contributed by atoms with Gasteiger partial charge in [0.2, 0.25) is 5.91 Å². The minimum absolute atomic E-state index is 0.211. The lowest BCUT2D eigenvalue weighted by atomic mass is 10.1. The van der Waals surface area contributed by atoms with Gasteiger partial charge in [-0.3, -0.25) is 10.1 Å². The summed E-state index contributed by atoms with van der Waals surface area (Å²) >= 11 is 1.42. The van der Waals surface area contributed by atoms with Crippen molar-refractivity contribution in [2.45, 2.75) is 20.0 Å². The highest BCUT2D eigenvalue weighted by atomic mass is 32.1. The fourth-order valence-electron chi connectivity index (χ4n) is 3.11. The zero-order chi connectivity index (χ0) is 22.2. The van der Waals surface area contributed by atoms with Gasteiger partial charge >= 0.3 is 0 Å². The van der Waals surface area contributed by atoms with E-state index in [1.165, 1.54) is 23.0 Å². The van der Waals surface area contributed by atoms with E-state index in [-0.39, 0.29) is 5.91 Å². The van der Waals surface area contributed by atoms with Crippen LogP contribution in [0.5, 0.6) is 5.75 Å². The van der Waals surface area contributed by atoms with Crippen molar-refractivity contribution in [3.63, 3.8) is 0 Å². The Balaban J connectivity index is 1.30. The number of aryl methyl sites for hydroxylation is 1. The zero-order valence-electron chi connectivity index (χ0n) is 17.8. The van der Waals surface area contributed by atoms with E-state index < -0.39 is 0 Å². The van der Waals surface area contributed by atoms with Crippen LogP contribution in [0.15, 0.2) is 90.3 Å². The average molecular weight is 441 g/mol. The number of amides is 1. The average Bonchev–Trinajstić information content (AvgIpc) is 3.31. The molecule has 1 heterocycles. The molecule has 3 aromatic carbocycles. The summed E-state index contributed by atoms with van der Waals surface area (Å²) in [4.78, 5) is 16.8. The number of hydrogen-bond donors (Lipinski definition) is 1. The van der Waals surface area contributed by atoms with E-state index in [4.69, 9.17) is 4.74 Å². The van der Waals surface area contributed by atoms with Gasteiger partial charge in [-0.2, -0.15) is 0 Å². The van der Waals surface area contributed by atoms with Crippen molar-refractivity contribution in [2.75, 3.05) is 5.32 Å². The monoisotopic (exact) mass is 440 g/mol. The summed E-state index contributed by atoms with van der Waals surface area (Å²) in [7, 11) is 0. The summed E-state index contributed by atoms with van der Waals surface area (Å²) in [5.74, 6) is 0.578. The number of carbonyl (C=O) groups is 1. The molecule has 0 saturated carbocycles. The highest BCUT2D eigenvalue weighted by molar-refractivity contribution is 7.14. The van der Waals surface area contributed by atoms with Crippen molar-refractivity contribution in [3.05, 3.63) is 107 Å². The number of nitrogens with zero attached hydrogens (tertiary/aromatic N) is 1. The Morgan fingerprint density at radius 2 is 1.72 bits per heavy atom. The van der Waals surface area contributed by atoms with Crippen molar-refractivity contribution < 1.29 is 9.53 Å². The standard InChI is InChI=1S/C27H24N2O2S/c1-2-20-8-13-23(14-9-20)25-19-32-27(28-25)29-26(30)17-12-21-10-15-24(16-11-21)31-18-22-6-4-3-5-7-22/h3-17,19H,2,18H2,1H3,(H,28,29,30). The van der Waals surface area contributed by atoms with Crippen LogP contribution in [0.2, 0.25) is 0 Å². The largest absolute Gasteiger partial charge is 0.489 e. The number of nitrogens with one attached hydrogen (secondary N) is 1. The molecule has 5 heteroatoms. The fourth-order valence-corrected chi connectivity index (χ4v) is 3.83. The number of carbonyl (C=O) groups excluding carboxylic acids is 1. The number of benzene rings is 3. The number of ether oxygens (including phenoxy) is 1. The van der Waals surface area contributed by atoms with Gasteiger partial charge in [0.15, 0.2) is 5.13 Å². The Bertz CT molecular complexity index is 1180. The van der Waals surface area contributed by atoms with Crippen LogP contribution >= 0.6 is 11.3 Å². The Morgan fingerprint density at radius 1 is 0.969 bits per heavy atom. The molecule has 0 radical (unpaired) electrons. The smallest absolute Gasteiger partial charge is 0.250 e. The molecule has 0 bridgehead atoms. The molecule has 0 aliphatic heterocycles. The van der Waals surface area contributed by atoms with Crippen LogP contribution in [-0.4, -0.2) is 10.9 Å². The summed E-state index contributed by atoms with van der Waals surface area (Å²) in [6.07, 6.45) is 4.29. The van der Waals surface area contributed by atoms with Gasteiger partial charge in [0.05, 0.1) is 5.69 Å². The minimum Gasteiger partial charge on any atom is -0.489 e. The summed E-state index contributed by atoms with van der Waals surface area (Å²) in [5.41, 5.74) is 5.24. The summed E-state index contributed by atoms with van der Waals surface area (Å²) < 4.78 is 5.79. The Kier molecular flexibility index (Phi) is 7.10. The highest BCUT2D eigenvalue weighted by Gasteiger charge is 2.06. The molecule has 4 nitrogen and oxygen atoms in total. The molecule has 160 valence electrons. The maximum atomic E-state index is 12.3. The van der Waals surface area contributed by atoms with Crippen molar-refractivity contribution in [1.29, 1.82) is 0 Å². The second kappa shape index (κ2) is 10.6. The molecule has 4 aromatic rings. The van der Waals surface area contributed by atoms with Crippen LogP contribution < -0.4 is 10.1 Å². The Labute approximate surface area is 192 Å². The Hall–Kier alpha value is -3.70.